The number of hydrogen-bond acceptors (Lipinski definition) is 7. The van der Waals surface area contributed by atoms with Crippen LogP contribution < -0.4 is 18.5 Å². The van der Waals surface area contributed by atoms with Gasteiger partial charge in [-0.05, 0) is 38.1 Å². The molecule has 0 unspecified atom stereocenters. The molecule has 2 aromatic rings. The summed E-state index contributed by atoms with van der Waals surface area (Å²) in [6.45, 7) is 11.7. The minimum Gasteiger partial charge on any atom is -0.419 e. The fraction of sp³-hybridized carbons (Fsp3) is 0.182. The van der Waals surface area contributed by atoms with Crippen molar-refractivity contribution in [2.45, 2.75) is 20.8 Å². The Hall–Kier alpha value is -3.31. The average Bonchev–Trinajstić information content (AvgIpc) is 2.70. The molecule has 0 aromatic heterocycles. The highest BCUT2D eigenvalue weighted by atomic mass is 31.2. The van der Waals surface area contributed by atoms with E-state index in [-0.39, 0.29) is 40.3 Å². The van der Waals surface area contributed by atoms with Gasteiger partial charge in [-0.2, -0.15) is 0 Å². The Balaban J connectivity index is 2.30. The van der Waals surface area contributed by atoms with E-state index in [1.165, 1.54) is 38.1 Å². The quantitative estimate of drug-likeness (QED) is 0.230. The van der Waals surface area contributed by atoms with Gasteiger partial charge in [-0.1, -0.05) is 44.3 Å². The number of carbonyl (C=O) groups is 2. The third-order valence-corrected chi connectivity index (χ3v) is 5.39. The van der Waals surface area contributed by atoms with Crippen LogP contribution in [0.3, 0.4) is 0 Å². The largest absolute Gasteiger partial charge is 0.430 e. The molecule has 0 amide bonds. The van der Waals surface area contributed by atoms with Crippen molar-refractivity contribution >= 4 is 19.5 Å². The van der Waals surface area contributed by atoms with Gasteiger partial charge in [0.1, 0.15) is 0 Å². The topological polar surface area (TPSA) is 88.1 Å². The summed E-state index contributed by atoms with van der Waals surface area (Å²) in [6.07, 6.45) is -0.00145. The Morgan fingerprint density at radius 3 is 1.40 bits per heavy atom. The van der Waals surface area contributed by atoms with Crippen LogP contribution in [0.15, 0.2) is 72.8 Å². The van der Waals surface area contributed by atoms with Crippen molar-refractivity contribution in [3.63, 3.8) is 0 Å². The van der Waals surface area contributed by atoms with Crippen LogP contribution in [0.2, 0.25) is 0 Å². The highest BCUT2D eigenvalue weighted by Gasteiger charge is 2.29. The Bertz CT molecular complexity index is 948. The zero-order chi connectivity index (χ0) is 22.3. The second-order valence-electron chi connectivity index (χ2n) is 6.34. The summed E-state index contributed by atoms with van der Waals surface area (Å²) < 4.78 is 35.1. The van der Waals surface area contributed by atoms with Gasteiger partial charge in [-0.25, -0.2) is 14.2 Å². The number of ether oxygens (including phenoxy) is 2. The Morgan fingerprint density at radius 2 is 1.10 bits per heavy atom. The summed E-state index contributed by atoms with van der Waals surface area (Å²) >= 11 is 0. The molecular weight excluding hydrogens is 407 g/mol. The lowest BCUT2D eigenvalue weighted by Crippen LogP contribution is -2.11. The predicted molar refractivity (Wildman–Crippen MR) is 113 cm³/mol. The summed E-state index contributed by atoms with van der Waals surface area (Å²) in [6, 6.07) is 12.5. The molecule has 0 heterocycles. The first kappa shape index (κ1) is 23.0. The Labute approximate surface area is 175 Å². The number of para-hydroxylation sites is 4. The van der Waals surface area contributed by atoms with Crippen molar-refractivity contribution in [3.8, 4) is 23.0 Å². The lowest BCUT2D eigenvalue weighted by atomic mass is 10.3. The molecule has 30 heavy (non-hydrogen) atoms. The van der Waals surface area contributed by atoms with Gasteiger partial charge < -0.3 is 18.5 Å². The molecule has 158 valence electrons. The maximum Gasteiger partial charge on any atom is 0.430 e. The highest BCUT2D eigenvalue weighted by Crippen LogP contribution is 2.51. The SMILES string of the molecule is C=C(C)C(=O)Oc1ccccc1OP(=O)(CC)Oc1ccccc1OC(=O)C(=C)C. The van der Waals surface area contributed by atoms with Crippen LogP contribution in [-0.2, 0) is 14.2 Å². The van der Waals surface area contributed by atoms with E-state index in [4.69, 9.17) is 18.5 Å². The summed E-state index contributed by atoms with van der Waals surface area (Å²) in [5.41, 5.74) is 0.404. The molecule has 0 N–H and O–H groups in total. The minimum atomic E-state index is -3.76. The van der Waals surface area contributed by atoms with E-state index in [0.717, 1.165) is 0 Å². The van der Waals surface area contributed by atoms with E-state index in [1.54, 1.807) is 31.2 Å². The van der Waals surface area contributed by atoms with Gasteiger partial charge in [0.2, 0.25) is 0 Å². The van der Waals surface area contributed by atoms with E-state index in [2.05, 4.69) is 13.2 Å². The lowest BCUT2D eigenvalue weighted by Gasteiger charge is -2.21. The molecule has 0 fully saturated rings. The molecular formula is C22H23O7P. The third-order valence-electron chi connectivity index (χ3n) is 3.66. The monoisotopic (exact) mass is 430 g/mol. The van der Waals surface area contributed by atoms with Crippen LogP contribution in [0.25, 0.3) is 0 Å². The van der Waals surface area contributed by atoms with Crippen molar-refractivity contribution in [1.29, 1.82) is 0 Å². The first-order valence-corrected chi connectivity index (χ1v) is 10.8. The van der Waals surface area contributed by atoms with Crippen LogP contribution in [0.5, 0.6) is 23.0 Å². The van der Waals surface area contributed by atoms with Crippen LogP contribution in [0, 0.1) is 0 Å². The molecule has 2 aromatic carbocycles. The molecule has 0 atom stereocenters. The van der Waals surface area contributed by atoms with Crippen LogP contribution >= 0.6 is 7.60 Å². The normalized spacial score (nSPS) is 10.6. The summed E-state index contributed by atoms with van der Waals surface area (Å²) in [5.74, 6) is -1.01. The maximum atomic E-state index is 13.3. The summed E-state index contributed by atoms with van der Waals surface area (Å²) in [7, 11) is -3.76. The number of benzene rings is 2. The minimum absolute atomic E-state index is 0.00145. The maximum absolute atomic E-state index is 13.3. The summed E-state index contributed by atoms with van der Waals surface area (Å²) in [5, 5.41) is 0. The van der Waals surface area contributed by atoms with E-state index in [9.17, 15) is 14.2 Å². The number of rotatable bonds is 9. The Kier molecular flexibility index (Phi) is 7.61. The third kappa shape index (κ3) is 6.09. The second kappa shape index (κ2) is 9.94. The fourth-order valence-electron chi connectivity index (χ4n) is 2.04. The standard InChI is InChI=1S/C22H23O7P/c1-6-30(25,28-19-13-9-7-11-17(19)26-21(23)15(2)3)29-20-14-10-8-12-18(20)27-22(24)16(4)5/h7-14H,2,4,6H2,1,3,5H3. The van der Waals surface area contributed by atoms with E-state index >= 15 is 0 Å². The lowest BCUT2D eigenvalue weighted by molar-refractivity contribution is -0.131. The zero-order valence-electron chi connectivity index (χ0n) is 17.0. The van der Waals surface area contributed by atoms with Crippen LogP contribution in [0.4, 0.5) is 0 Å². The first-order valence-electron chi connectivity index (χ1n) is 9.07. The molecule has 0 aliphatic rings. The second-order valence-corrected chi connectivity index (χ2v) is 8.56. The van der Waals surface area contributed by atoms with Gasteiger partial charge in [0.15, 0.2) is 23.0 Å². The number of carbonyl (C=O) groups excluding carboxylic acids is 2. The van der Waals surface area contributed by atoms with Gasteiger partial charge >= 0.3 is 19.5 Å². The molecule has 0 aliphatic carbocycles. The fourth-order valence-corrected chi connectivity index (χ4v) is 3.24. The molecule has 0 bridgehead atoms. The van der Waals surface area contributed by atoms with Gasteiger partial charge in [0.05, 0.1) is 6.16 Å². The summed E-state index contributed by atoms with van der Waals surface area (Å²) in [4.78, 5) is 23.7. The van der Waals surface area contributed by atoms with Crippen molar-refractivity contribution in [2.24, 2.45) is 0 Å². The highest BCUT2D eigenvalue weighted by molar-refractivity contribution is 7.54. The molecule has 0 aliphatic heterocycles. The van der Waals surface area contributed by atoms with Crippen molar-refractivity contribution in [1.82, 2.24) is 0 Å². The molecule has 0 saturated heterocycles. The van der Waals surface area contributed by atoms with E-state index < -0.39 is 19.5 Å². The number of esters is 2. The predicted octanol–water partition coefficient (Wildman–Crippen LogP) is 5.32. The van der Waals surface area contributed by atoms with Crippen molar-refractivity contribution in [2.75, 3.05) is 6.16 Å². The molecule has 0 spiro atoms. The smallest absolute Gasteiger partial charge is 0.419 e. The van der Waals surface area contributed by atoms with Gasteiger partial charge in [0, 0.05) is 11.1 Å². The van der Waals surface area contributed by atoms with E-state index in [0.29, 0.717) is 0 Å². The average molecular weight is 430 g/mol. The molecule has 7 nitrogen and oxygen atoms in total. The number of hydrogen-bond donors (Lipinski definition) is 0. The van der Waals surface area contributed by atoms with Gasteiger partial charge in [-0.15, -0.1) is 0 Å². The molecule has 0 radical (unpaired) electrons. The Morgan fingerprint density at radius 1 is 0.767 bits per heavy atom. The van der Waals surface area contributed by atoms with Gasteiger partial charge in [-0.3, -0.25) is 0 Å². The van der Waals surface area contributed by atoms with Crippen LogP contribution in [-0.4, -0.2) is 18.1 Å². The van der Waals surface area contributed by atoms with Crippen molar-refractivity contribution < 1.29 is 32.7 Å². The van der Waals surface area contributed by atoms with Crippen molar-refractivity contribution in [3.05, 3.63) is 72.8 Å². The van der Waals surface area contributed by atoms with E-state index in [1.807, 2.05) is 0 Å². The first-order chi connectivity index (χ1) is 14.1. The van der Waals surface area contributed by atoms with Crippen LogP contribution in [0.1, 0.15) is 20.8 Å². The molecule has 8 heteroatoms. The molecule has 2 rings (SSSR count). The molecule has 0 saturated carbocycles. The van der Waals surface area contributed by atoms with Gasteiger partial charge in [0.25, 0.3) is 0 Å². The zero-order valence-corrected chi connectivity index (χ0v) is 17.9.